The van der Waals surface area contributed by atoms with Crippen molar-refractivity contribution in [3.63, 3.8) is 0 Å². The third-order valence-electron chi connectivity index (χ3n) is 2.97. The van der Waals surface area contributed by atoms with Gasteiger partial charge in [-0.05, 0) is 39.3 Å². The van der Waals surface area contributed by atoms with Crippen LogP contribution >= 0.6 is 0 Å². The highest BCUT2D eigenvalue weighted by Crippen LogP contribution is 2.09. The Bertz CT molecular complexity index is 379. The number of esters is 1. The highest BCUT2D eigenvalue weighted by Gasteiger charge is 2.14. The Labute approximate surface area is 121 Å². The molecule has 1 rings (SSSR count). The molecule has 0 saturated carbocycles. The van der Waals surface area contributed by atoms with Gasteiger partial charge in [0.25, 0.3) is 0 Å². The summed E-state index contributed by atoms with van der Waals surface area (Å²) in [6.07, 6.45) is 0.881. The topological polar surface area (TPSA) is 38.8 Å². The second kappa shape index (κ2) is 9.37. The summed E-state index contributed by atoms with van der Waals surface area (Å²) in [5.74, 6) is 0.721. The van der Waals surface area contributed by atoms with Crippen molar-refractivity contribution >= 4 is 5.97 Å². The zero-order chi connectivity index (χ0) is 14.8. The fraction of sp³-hybridized carbons (Fsp3) is 0.562. The molecule has 4 nitrogen and oxygen atoms in total. The lowest BCUT2D eigenvalue weighted by molar-refractivity contribution is -0.144. The SMILES string of the molecule is CCOC(=O)CN(CCCOc1ccccc1)C(C)C. The quantitative estimate of drug-likeness (QED) is 0.514. The van der Waals surface area contributed by atoms with E-state index in [-0.39, 0.29) is 5.97 Å². The molecule has 1 aromatic carbocycles. The lowest BCUT2D eigenvalue weighted by Gasteiger charge is -2.25. The molecule has 0 N–H and O–H groups in total. The van der Waals surface area contributed by atoms with Crippen LogP contribution in [0.2, 0.25) is 0 Å². The third kappa shape index (κ3) is 6.57. The zero-order valence-corrected chi connectivity index (χ0v) is 12.7. The molecule has 0 amide bonds. The van der Waals surface area contributed by atoms with Crippen LogP contribution in [0.3, 0.4) is 0 Å². The second-order valence-corrected chi connectivity index (χ2v) is 4.88. The van der Waals surface area contributed by atoms with Crippen LogP contribution in [-0.2, 0) is 9.53 Å². The van der Waals surface area contributed by atoms with Gasteiger partial charge in [0.05, 0.1) is 19.8 Å². The number of carbonyl (C=O) groups excluding carboxylic acids is 1. The van der Waals surface area contributed by atoms with Crippen molar-refractivity contribution in [3.05, 3.63) is 30.3 Å². The first-order chi connectivity index (χ1) is 9.63. The van der Waals surface area contributed by atoms with Crippen molar-refractivity contribution in [1.29, 1.82) is 0 Å². The molecular formula is C16H25NO3. The Hall–Kier alpha value is -1.55. The van der Waals surface area contributed by atoms with Gasteiger partial charge in [0, 0.05) is 12.6 Å². The van der Waals surface area contributed by atoms with Gasteiger partial charge in [0.2, 0.25) is 0 Å². The lowest BCUT2D eigenvalue weighted by Crippen LogP contribution is -2.37. The van der Waals surface area contributed by atoms with Crippen molar-refractivity contribution in [1.82, 2.24) is 4.90 Å². The molecule has 0 aliphatic rings. The van der Waals surface area contributed by atoms with E-state index >= 15 is 0 Å². The number of carbonyl (C=O) groups is 1. The van der Waals surface area contributed by atoms with Crippen molar-refractivity contribution in [3.8, 4) is 5.75 Å². The summed E-state index contributed by atoms with van der Waals surface area (Å²) < 4.78 is 10.6. The van der Waals surface area contributed by atoms with Crippen LogP contribution < -0.4 is 4.74 Å². The van der Waals surface area contributed by atoms with Gasteiger partial charge < -0.3 is 9.47 Å². The number of rotatable bonds is 9. The zero-order valence-electron chi connectivity index (χ0n) is 12.7. The van der Waals surface area contributed by atoms with E-state index in [1.807, 2.05) is 37.3 Å². The van der Waals surface area contributed by atoms with E-state index in [1.165, 1.54) is 0 Å². The molecule has 1 aromatic rings. The van der Waals surface area contributed by atoms with Crippen molar-refractivity contribution in [2.45, 2.75) is 33.2 Å². The van der Waals surface area contributed by atoms with Crippen molar-refractivity contribution in [2.24, 2.45) is 0 Å². The molecule has 0 saturated heterocycles. The minimum absolute atomic E-state index is 0.162. The number of para-hydroxylation sites is 1. The minimum atomic E-state index is -0.162. The first kappa shape index (κ1) is 16.5. The molecule has 0 atom stereocenters. The molecule has 0 spiro atoms. The minimum Gasteiger partial charge on any atom is -0.494 e. The Morgan fingerprint density at radius 2 is 1.95 bits per heavy atom. The summed E-state index contributed by atoms with van der Waals surface area (Å²) in [6.45, 7) is 8.23. The number of hydrogen-bond donors (Lipinski definition) is 0. The van der Waals surface area contributed by atoms with E-state index in [4.69, 9.17) is 9.47 Å². The highest BCUT2D eigenvalue weighted by molar-refractivity contribution is 5.71. The summed E-state index contributed by atoms with van der Waals surface area (Å²) in [5, 5.41) is 0. The van der Waals surface area contributed by atoms with Gasteiger partial charge in [-0.25, -0.2) is 0 Å². The number of benzene rings is 1. The molecule has 112 valence electrons. The maximum absolute atomic E-state index is 11.5. The van der Waals surface area contributed by atoms with Gasteiger partial charge in [0.15, 0.2) is 0 Å². The standard InChI is InChI=1S/C16H25NO3/c1-4-19-16(18)13-17(14(2)3)11-8-12-20-15-9-6-5-7-10-15/h5-7,9-10,14H,4,8,11-13H2,1-3H3. The van der Waals surface area contributed by atoms with Crippen LogP contribution in [0.5, 0.6) is 5.75 Å². The largest absolute Gasteiger partial charge is 0.494 e. The van der Waals surface area contributed by atoms with Crippen LogP contribution in [-0.4, -0.2) is 43.2 Å². The molecule has 0 bridgehead atoms. The second-order valence-electron chi connectivity index (χ2n) is 4.88. The van der Waals surface area contributed by atoms with Crippen LogP contribution in [0.15, 0.2) is 30.3 Å². The smallest absolute Gasteiger partial charge is 0.320 e. The van der Waals surface area contributed by atoms with E-state index in [0.717, 1.165) is 18.7 Å². The van der Waals surface area contributed by atoms with Gasteiger partial charge >= 0.3 is 5.97 Å². The van der Waals surface area contributed by atoms with E-state index in [1.54, 1.807) is 0 Å². The number of nitrogens with zero attached hydrogens (tertiary/aromatic N) is 1. The van der Waals surface area contributed by atoms with Crippen LogP contribution in [0.4, 0.5) is 0 Å². The van der Waals surface area contributed by atoms with Gasteiger partial charge in [-0.2, -0.15) is 0 Å². The lowest BCUT2D eigenvalue weighted by atomic mass is 10.3. The number of hydrogen-bond acceptors (Lipinski definition) is 4. The predicted octanol–water partition coefficient (Wildman–Crippen LogP) is 2.73. The fourth-order valence-electron chi connectivity index (χ4n) is 1.87. The van der Waals surface area contributed by atoms with E-state index in [9.17, 15) is 4.79 Å². The van der Waals surface area contributed by atoms with Gasteiger partial charge in [-0.3, -0.25) is 9.69 Å². The van der Waals surface area contributed by atoms with Crippen LogP contribution in [0, 0.1) is 0 Å². The average molecular weight is 279 g/mol. The first-order valence-corrected chi connectivity index (χ1v) is 7.21. The number of ether oxygens (including phenoxy) is 2. The van der Waals surface area contributed by atoms with Crippen molar-refractivity contribution in [2.75, 3.05) is 26.3 Å². The maximum Gasteiger partial charge on any atom is 0.320 e. The molecule has 0 aliphatic heterocycles. The molecule has 20 heavy (non-hydrogen) atoms. The van der Waals surface area contributed by atoms with Crippen LogP contribution in [0.1, 0.15) is 27.2 Å². The monoisotopic (exact) mass is 279 g/mol. The molecule has 0 aliphatic carbocycles. The summed E-state index contributed by atoms with van der Waals surface area (Å²) in [6, 6.07) is 10.1. The predicted molar refractivity (Wildman–Crippen MR) is 79.9 cm³/mol. The van der Waals surface area contributed by atoms with E-state index in [0.29, 0.717) is 25.8 Å². The van der Waals surface area contributed by atoms with Gasteiger partial charge in [-0.15, -0.1) is 0 Å². The average Bonchev–Trinajstić information content (AvgIpc) is 2.43. The van der Waals surface area contributed by atoms with Gasteiger partial charge in [-0.1, -0.05) is 18.2 Å². The molecule has 0 fully saturated rings. The summed E-state index contributed by atoms with van der Waals surface area (Å²) in [7, 11) is 0. The van der Waals surface area contributed by atoms with Crippen molar-refractivity contribution < 1.29 is 14.3 Å². The molecule has 0 unspecified atom stereocenters. The molecule has 0 radical (unpaired) electrons. The summed E-state index contributed by atoms with van der Waals surface area (Å²) in [5.41, 5.74) is 0. The first-order valence-electron chi connectivity index (χ1n) is 7.21. The maximum atomic E-state index is 11.5. The van der Waals surface area contributed by atoms with Crippen LogP contribution in [0.25, 0.3) is 0 Å². The van der Waals surface area contributed by atoms with Gasteiger partial charge in [0.1, 0.15) is 5.75 Å². The molecule has 4 heteroatoms. The molecule has 0 aromatic heterocycles. The highest BCUT2D eigenvalue weighted by atomic mass is 16.5. The van der Waals surface area contributed by atoms with E-state index < -0.39 is 0 Å². The Morgan fingerprint density at radius 3 is 2.55 bits per heavy atom. The summed E-state index contributed by atoms with van der Waals surface area (Å²) in [4.78, 5) is 13.6. The Kier molecular flexibility index (Phi) is 7.73. The Balaban J connectivity index is 2.27. The molecular weight excluding hydrogens is 254 g/mol. The summed E-state index contributed by atoms with van der Waals surface area (Å²) >= 11 is 0. The van der Waals surface area contributed by atoms with E-state index in [2.05, 4.69) is 18.7 Å². The third-order valence-corrected chi connectivity index (χ3v) is 2.97. The Morgan fingerprint density at radius 1 is 1.25 bits per heavy atom. The fourth-order valence-corrected chi connectivity index (χ4v) is 1.87. The normalized spacial score (nSPS) is 10.8. The molecule has 0 heterocycles.